The van der Waals surface area contributed by atoms with E-state index in [9.17, 15) is 22.3 Å². The smallest absolute Gasteiger partial charge is 0.243 e. The van der Waals surface area contributed by atoms with Gasteiger partial charge in [-0.2, -0.15) is 0 Å². The molecule has 0 saturated heterocycles. The lowest BCUT2D eigenvalue weighted by Crippen LogP contribution is -2.37. The van der Waals surface area contributed by atoms with Gasteiger partial charge in [0.15, 0.2) is 0 Å². The molecule has 0 aliphatic heterocycles. The SMILES string of the molecule is Cc1ccc(S(=O)(=O)NC(C)C(O)c2ccc(F)cc2)c(F)c1. The van der Waals surface area contributed by atoms with E-state index in [1.165, 1.54) is 43.3 Å². The molecule has 23 heavy (non-hydrogen) atoms. The molecule has 2 N–H and O–H groups in total. The Bertz CT molecular complexity index is 791. The van der Waals surface area contributed by atoms with Gasteiger partial charge in [0.05, 0.1) is 6.10 Å². The number of halogens is 2. The highest BCUT2D eigenvalue weighted by Crippen LogP contribution is 2.21. The molecule has 0 saturated carbocycles. The Hall–Kier alpha value is -1.83. The van der Waals surface area contributed by atoms with E-state index >= 15 is 0 Å². The number of aryl methyl sites for hydroxylation is 1. The summed E-state index contributed by atoms with van der Waals surface area (Å²) in [4.78, 5) is -0.485. The quantitative estimate of drug-likeness (QED) is 0.879. The minimum Gasteiger partial charge on any atom is -0.387 e. The van der Waals surface area contributed by atoms with E-state index < -0.39 is 38.7 Å². The second-order valence-corrected chi connectivity index (χ2v) is 7.02. The fourth-order valence-corrected chi connectivity index (χ4v) is 3.45. The minimum atomic E-state index is -4.13. The average Bonchev–Trinajstić information content (AvgIpc) is 2.46. The van der Waals surface area contributed by atoms with E-state index in [1.54, 1.807) is 6.92 Å². The molecule has 0 amide bonds. The van der Waals surface area contributed by atoms with Gasteiger partial charge in [0, 0.05) is 6.04 Å². The van der Waals surface area contributed by atoms with Crippen LogP contribution in [0.4, 0.5) is 8.78 Å². The van der Waals surface area contributed by atoms with Crippen LogP contribution in [0.15, 0.2) is 47.4 Å². The maximum atomic E-state index is 13.8. The Labute approximate surface area is 133 Å². The van der Waals surface area contributed by atoms with Crippen LogP contribution in [0.3, 0.4) is 0 Å². The summed E-state index contributed by atoms with van der Waals surface area (Å²) < 4.78 is 53.4. The van der Waals surface area contributed by atoms with Crippen molar-refractivity contribution in [1.82, 2.24) is 4.72 Å². The number of sulfonamides is 1. The maximum Gasteiger partial charge on any atom is 0.243 e. The molecular weight excluding hydrogens is 324 g/mol. The highest BCUT2D eigenvalue weighted by atomic mass is 32.2. The van der Waals surface area contributed by atoms with Crippen LogP contribution in [-0.4, -0.2) is 19.6 Å². The Morgan fingerprint density at radius 1 is 1.09 bits per heavy atom. The molecular formula is C16H17F2NO3S. The topological polar surface area (TPSA) is 66.4 Å². The predicted octanol–water partition coefficient (Wildman–Crippen LogP) is 2.67. The fourth-order valence-electron chi connectivity index (χ4n) is 2.15. The third-order valence-corrected chi connectivity index (χ3v) is 5.00. The number of hydrogen-bond acceptors (Lipinski definition) is 3. The van der Waals surface area contributed by atoms with Gasteiger partial charge in [-0.1, -0.05) is 18.2 Å². The van der Waals surface area contributed by atoms with Gasteiger partial charge in [-0.3, -0.25) is 0 Å². The van der Waals surface area contributed by atoms with Crippen LogP contribution >= 0.6 is 0 Å². The van der Waals surface area contributed by atoms with Gasteiger partial charge < -0.3 is 5.11 Å². The van der Waals surface area contributed by atoms with Crippen molar-refractivity contribution in [3.63, 3.8) is 0 Å². The minimum absolute atomic E-state index is 0.353. The Morgan fingerprint density at radius 3 is 2.26 bits per heavy atom. The van der Waals surface area contributed by atoms with Crippen molar-refractivity contribution in [2.24, 2.45) is 0 Å². The molecule has 2 rings (SSSR count). The van der Waals surface area contributed by atoms with Crippen molar-refractivity contribution in [2.75, 3.05) is 0 Å². The largest absolute Gasteiger partial charge is 0.387 e. The van der Waals surface area contributed by atoms with Gasteiger partial charge in [-0.25, -0.2) is 21.9 Å². The third-order valence-electron chi connectivity index (χ3n) is 3.40. The first-order valence-corrected chi connectivity index (χ1v) is 8.41. The van der Waals surface area contributed by atoms with Crippen LogP contribution in [0.25, 0.3) is 0 Å². The van der Waals surface area contributed by atoms with Crippen molar-refractivity contribution >= 4 is 10.0 Å². The first kappa shape index (κ1) is 17.5. The maximum absolute atomic E-state index is 13.8. The number of aliphatic hydroxyl groups excluding tert-OH is 1. The van der Waals surface area contributed by atoms with Crippen LogP contribution in [0.5, 0.6) is 0 Å². The van der Waals surface area contributed by atoms with Gasteiger partial charge >= 0.3 is 0 Å². The van der Waals surface area contributed by atoms with Crippen LogP contribution in [0.1, 0.15) is 24.2 Å². The standard InChI is InChI=1S/C16H17F2NO3S/c1-10-3-8-15(14(18)9-10)23(21,22)19-11(2)16(20)12-4-6-13(17)7-5-12/h3-9,11,16,19-20H,1-2H3. The van der Waals surface area contributed by atoms with Crippen LogP contribution < -0.4 is 4.72 Å². The molecule has 0 aromatic heterocycles. The van der Waals surface area contributed by atoms with Gasteiger partial charge in [-0.05, 0) is 49.2 Å². The normalized spacial score (nSPS) is 14.5. The summed E-state index contributed by atoms with van der Waals surface area (Å²) in [7, 11) is -4.13. The molecule has 2 aromatic carbocycles. The van der Waals surface area contributed by atoms with Crippen molar-refractivity contribution in [3.05, 3.63) is 65.2 Å². The summed E-state index contributed by atoms with van der Waals surface area (Å²) in [6.07, 6.45) is -1.20. The van der Waals surface area contributed by atoms with Gasteiger partial charge in [0.1, 0.15) is 16.5 Å². The molecule has 0 heterocycles. The molecule has 0 aliphatic carbocycles. The second kappa shape index (κ2) is 6.74. The average molecular weight is 341 g/mol. The number of aliphatic hydroxyl groups is 1. The first-order chi connectivity index (χ1) is 10.7. The van der Waals surface area contributed by atoms with Crippen molar-refractivity contribution in [2.45, 2.75) is 30.9 Å². The summed E-state index contributed by atoms with van der Waals surface area (Å²) in [6, 6.07) is 7.90. The monoisotopic (exact) mass is 341 g/mol. The van der Waals surface area contributed by atoms with Crippen molar-refractivity contribution in [3.8, 4) is 0 Å². The van der Waals surface area contributed by atoms with Gasteiger partial charge in [0.25, 0.3) is 0 Å². The molecule has 0 fully saturated rings. The summed E-state index contributed by atoms with van der Waals surface area (Å²) in [5, 5.41) is 10.2. The molecule has 0 radical (unpaired) electrons. The lowest BCUT2D eigenvalue weighted by Gasteiger charge is -2.21. The van der Waals surface area contributed by atoms with Crippen LogP contribution in [0.2, 0.25) is 0 Å². The Morgan fingerprint density at radius 2 is 1.70 bits per heavy atom. The number of hydrogen-bond donors (Lipinski definition) is 2. The summed E-state index contributed by atoms with van der Waals surface area (Å²) in [6.45, 7) is 3.09. The fraction of sp³-hybridized carbons (Fsp3) is 0.250. The zero-order valence-electron chi connectivity index (χ0n) is 12.6. The molecule has 2 aromatic rings. The summed E-state index contributed by atoms with van der Waals surface area (Å²) >= 11 is 0. The molecule has 0 aliphatic rings. The highest BCUT2D eigenvalue weighted by Gasteiger charge is 2.25. The zero-order valence-corrected chi connectivity index (χ0v) is 13.4. The van der Waals surface area contributed by atoms with Crippen LogP contribution in [0, 0.1) is 18.6 Å². The molecule has 0 spiro atoms. The lowest BCUT2D eigenvalue weighted by molar-refractivity contribution is 0.146. The van der Waals surface area contributed by atoms with Gasteiger partial charge in [0.2, 0.25) is 10.0 Å². The Kier molecular flexibility index (Phi) is 5.13. The van der Waals surface area contributed by atoms with E-state index in [1.807, 2.05) is 0 Å². The van der Waals surface area contributed by atoms with E-state index in [4.69, 9.17) is 0 Å². The number of rotatable bonds is 5. The number of nitrogens with one attached hydrogen (secondary N) is 1. The van der Waals surface area contributed by atoms with E-state index in [2.05, 4.69) is 4.72 Å². The summed E-state index contributed by atoms with van der Waals surface area (Å²) in [5.41, 5.74) is 0.951. The van der Waals surface area contributed by atoms with Crippen molar-refractivity contribution in [1.29, 1.82) is 0 Å². The zero-order chi connectivity index (χ0) is 17.2. The van der Waals surface area contributed by atoms with Gasteiger partial charge in [-0.15, -0.1) is 0 Å². The van der Waals surface area contributed by atoms with E-state index in [0.717, 1.165) is 6.07 Å². The van der Waals surface area contributed by atoms with E-state index in [-0.39, 0.29) is 0 Å². The first-order valence-electron chi connectivity index (χ1n) is 6.93. The molecule has 2 atom stereocenters. The Balaban J connectivity index is 2.20. The molecule has 0 bridgehead atoms. The highest BCUT2D eigenvalue weighted by molar-refractivity contribution is 7.89. The van der Waals surface area contributed by atoms with Crippen molar-refractivity contribution < 1.29 is 22.3 Å². The predicted molar refractivity (Wildman–Crippen MR) is 82.3 cm³/mol. The third kappa shape index (κ3) is 4.13. The summed E-state index contributed by atoms with van der Waals surface area (Å²) in [5.74, 6) is -1.32. The van der Waals surface area contributed by atoms with E-state index in [0.29, 0.717) is 11.1 Å². The molecule has 2 unspecified atom stereocenters. The second-order valence-electron chi connectivity index (χ2n) is 5.34. The van der Waals surface area contributed by atoms with Crippen LogP contribution in [-0.2, 0) is 10.0 Å². The molecule has 124 valence electrons. The molecule has 7 heteroatoms. The number of benzene rings is 2. The lowest BCUT2D eigenvalue weighted by atomic mass is 10.0. The molecule has 4 nitrogen and oxygen atoms in total.